The maximum Gasteiger partial charge on any atom is 0.290 e. The maximum absolute atomic E-state index is 12.5. The normalized spacial score (nSPS) is 21.5. The van der Waals surface area contributed by atoms with Crippen molar-refractivity contribution in [3.63, 3.8) is 0 Å². The van der Waals surface area contributed by atoms with E-state index >= 15 is 0 Å². The van der Waals surface area contributed by atoms with E-state index in [1.165, 1.54) is 24.8 Å². The van der Waals surface area contributed by atoms with Crippen molar-refractivity contribution in [2.45, 2.75) is 63.3 Å². The minimum absolute atomic E-state index is 0.109. The molecule has 1 aromatic heterocycles. The van der Waals surface area contributed by atoms with Crippen LogP contribution in [0.1, 0.15) is 72.7 Å². The molecule has 1 aliphatic heterocycles. The van der Waals surface area contributed by atoms with E-state index < -0.39 is 0 Å². The van der Waals surface area contributed by atoms with Crippen LogP contribution < -0.4 is 5.32 Å². The fourth-order valence-electron chi connectivity index (χ4n) is 4.52. The van der Waals surface area contributed by atoms with Crippen LogP contribution in [0.25, 0.3) is 0 Å². The minimum Gasteiger partial charge on any atom is -0.351 e. The van der Waals surface area contributed by atoms with Crippen LogP contribution in [0, 0.1) is 0 Å². The van der Waals surface area contributed by atoms with Crippen LogP contribution in [0.2, 0.25) is 0 Å². The highest BCUT2D eigenvalue weighted by atomic mass is 16.5. The van der Waals surface area contributed by atoms with E-state index in [-0.39, 0.29) is 11.9 Å². The molecule has 5 heteroatoms. The summed E-state index contributed by atoms with van der Waals surface area (Å²) in [7, 11) is 0. The highest BCUT2D eigenvalue weighted by Crippen LogP contribution is 2.27. The van der Waals surface area contributed by atoms with Gasteiger partial charge in [0.1, 0.15) is 0 Å². The number of rotatable bonds is 6. The molecule has 2 fully saturated rings. The quantitative estimate of drug-likeness (QED) is 0.816. The van der Waals surface area contributed by atoms with Crippen LogP contribution in [0.3, 0.4) is 0 Å². The van der Waals surface area contributed by atoms with Gasteiger partial charge in [-0.3, -0.25) is 4.79 Å². The number of hydrogen-bond acceptors (Lipinski definition) is 4. The number of likely N-dealkylation sites (tertiary alicyclic amines) is 1. The molecule has 0 spiro atoms. The summed E-state index contributed by atoms with van der Waals surface area (Å²) >= 11 is 0. The van der Waals surface area contributed by atoms with Gasteiger partial charge in [0.05, 0.1) is 5.69 Å². The average Bonchev–Trinajstić information content (AvgIpc) is 3.25. The van der Waals surface area contributed by atoms with E-state index in [1.807, 2.05) is 6.07 Å². The van der Waals surface area contributed by atoms with Gasteiger partial charge in [-0.25, -0.2) is 0 Å². The van der Waals surface area contributed by atoms with Crippen molar-refractivity contribution in [3.05, 3.63) is 53.4 Å². The second-order valence-electron chi connectivity index (χ2n) is 8.30. The first kappa shape index (κ1) is 19.2. The molecule has 150 valence electrons. The first-order valence-electron chi connectivity index (χ1n) is 10.8. The standard InChI is InChI=1S/C23H31N3O2/c27-23(24-20-11-5-2-6-12-20)22-16-21(25-28-22)19-10-7-14-26(17-19)15-13-18-8-3-1-4-9-18/h1,3-4,8-9,16,19-20H,2,5-7,10-15,17H2,(H,24,27)/t19-/m1/s1. The number of nitrogens with one attached hydrogen (secondary N) is 1. The molecule has 0 radical (unpaired) electrons. The summed E-state index contributed by atoms with van der Waals surface area (Å²) in [6.07, 6.45) is 9.18. The van der Waals surface area contributed by atoms with Crippen LogP contribution >= 0.6 is 0 Å². The van der Waals surface area contributed by atoms with E-state index in [4.69, 9.17) is 4.52 Å². The van der Waals surface area contributed by atoms with Crippen molar-refractivity contribution >= 4 is 5.91 Å². The van der Waals surface area contributed by atoms with Crippen LogP contribution in [0.4, 0.5) is 0 Å². The van der Waals surface area contributed by atoms with Gasteiger partial charge in [0.15, 0.2) is 0 Å². The van der Waals surface area contributed by atoms with Gasteiger partial charge < -0.3 is 14.7 Å². The number of nitrogens with zero attached hydrogens (tertiary/aromatic N) is 2. The van der Waals surface area contributed by atoms with E-state index in [1.54, 1.807) is 0 Å². The van der Waals surface area contributed by atoms with Crippen LogP contribution in [0.15, 0.2) is 40.9 Å². The third-order valence-electron chi connectivity index (χ3n) is 6.18. The molecule has 28 heavy (non-hydrogen) atoms. The number of carbonyl (C=O) groups is 1. The molecule has 0 bridgehead atoms. The molecule has 1 saturated carbocycles. The number of amides is 1. The third kappa shape index (κ3) is 5.02. The highest BCUT2D eigenvalue weighted by molar-refractivity contribution is 5.91. The van der Waals surface area contributed by atoms with E-state index in [9.17, 15) is 4.79 Å². The monoisotopic (exact) mass is 381 g/mol. The molecule has 4 rings (SSSR count). The summed E-state index contributed by atoms with van der Waals surface area (Å²) in [5.74, 6) is 0.605. The molecule has 1 saturated heterocycles. The Hall–Kier alpha value is -2.14. The van der Waals surface area contributed by atoms with E-state index in [0.29, 0.717) is 11.7 Å². The maximum atomic E-state index is 12.5. The van der Waals surface area contributed by atoms with Crippen molar-refractivity contribution in [1.82, 2.24) is 15.4 Å². The second kappa shape index (κ2) is 9.37. The first-order chi connectivity index (χ1) is 13.8. The van der Waals surface area contributed by atoms with Crippen LogP contribution in [-0.2, 0) is 6.42 Å². The lowest BCUT2D eigenvalue weighted by Gasteiger charge is -2.31. The zero-order chi connectivity index (χ0) is 19.2. The summed E-state index contributed by atoms with van der Waals surface area (Å²) in [6.45, 7) is 3.19. The van der Waals surface area contributed by atoms with Crippen molar-refractivity contribution < 1.29 is 9.32 Å². The Kier molecular flexibility index (Phi) is 6.42. The highest BCUT2D eigenvalue weighted by Gasteiger charge is 2.26. The number of aromatic nitrogens is 1. The topological polar surface area (TPSA) is 58.4 Å². The minimum atomic E-state index is -0.109. The van der Waals surface area contributed by atoms with Gasteiger partial charge in [0.2, 0.25) is 5.76 Å². The fraction of sp³-hybridized carbons (Fsp3) is 0.565. The predicted molar refractivity (Wildman–Crippen MR) is 109 cm³/mol. The lowest BCUT2D eigenvalue weighted by atomic mass is 9.94. The molecular formula is C23H31N3O2. The zero-order valence-electron chi connectivity index (χ0n) is 16.6. The van der Waals surface area contributed by atoms with Gasteiger partial charge in [0.25, 0.3) is 5.91 Å². The van der Waals surface area contributed by atoms with Gasteiger partial charge in [-0.05, 0) is 44.2 Å². The van der Waals surface area contributed by atoms with Gasteiger partial charge in [-0.2, -0.15) is 0 Å². The molecule has 2 heterocycles. The molecule has 2 aromatic rings. The Balaban J connectivity index is 1.30. The predicted octanol–water partition coefficient (Wildman–Crippen LogP) is 4.16. The van der Waals surface area contributed by atoms with Crippen molar-refractivity contribution in [2.24, 2.45) is 0 Å². The zero-order valence-corrected chi connectivity index (χ0v) is 16.6. The van der Waals surface area contributed by atoms with E-state index in [2.05, 4.69) is 45.7 Å². The smallest absolute Gasteiger partial charge is 0.290 e. The van der Waals surface area contributed by atoms with Crippen molar-refractivity contribution in [1.29, 1.82) is 0 Å². The Labute approximate surface area is 167 Å². The summed E-state index contributed by atoms with van der Waals surface area (Å²) in [6, 6.07) is 12.8. The number of piperidine rings is 1. The molecule has 1 aliphatic carbocycles. The van der Waals surface area contributed by atoms with Gasteiger partial charge in [-0.1, -0.05) is 54.8 Å². The van der Waals surface area contributed by atoms with Crippen LogP contribution in [0.5, 0.6) is 0 Å². The Bertz CT molecular complexity index is 752. The van der Waals surface area contributed by atoms with Crippen molar-refractivity contribution in [3.8, 4) is 0 Å². The average molecular weight is 382 g/mol. The summed E-state index contributed by atoms with van der Waals surface area (Å²) in [5, 5.41) is 7.36. The number of carbonyl (C=O) groups excluding carboxylic acids is 1. The summed E-state index contributed by atoms with van der Waals surface area (Å²) in [5.41, 5.74) is 2.31. The third-order valence-corrected chi connectivity index (χ3v) is 6.18. The largest absolute Gasteiger partial charge is 0.351 e. The SMILES string of the molecule is O=C(NC1CCCCC1)c1cc([C@@H]2CCCN(CCc3ccccc3)C2)no1. The Morgan fingerprint density at radius 3 is 2.75 bits per heavy atom. The molecule has 1 amide bonds. The molecule has 5 nitrogen and oxygen atoms in total. The van der Waals surface area contributed by atoms with Gasteiger partial charge in [0, 0.05) is 31.1 Å². The summed E-state index contributed by atoms with van der Waals surface area (Å²) in [4.78, 5) is 15.0. The molecule has 1 atom stereocenters. The molecule has 2 aliphatic rings. The lowest BCUT2D eigenvalue weighted by Crippen LogP contribution is -2.36. The first-order valence-corrected chi connectivity index (χ1v) is 10.8. The Morgan fingerprint density at radius 2 is 1.93 bits per heavy atom. The number of hydrogen-bond donors (Lipinski definition) is 1. The van der Waals surface area contributed by atoms with Crippen LogP contribution in [-0.4, -0.2) is 41.6 Å². The molecule has 1 aromatic carbocycles. The van der Waals surface area contributed by atoms with E-state index in [0.717, 1.165) is 57.4 Å². The van der Waals surface area contributed by atoms with Gasteiger partial charge in [-0.15, -0.1) is 0 Å². The molecule has 1 N–H and O–H groups in total. The molecule has 0 unspecified atom stereocenters. The number of benzene rings is 1. The van der Waals surface area contributed by atoms with Crippen molar-refractivity contribution in [2.75, 3.05) is 19.6 Å². The van der Waals surface area contributed by atoms with Gasteiger partial charge >= 0.3 is 0 Å². The Morgan fingerprint density at radius 1 is 1.11 bits per heavy atom. The fourth-order valence-corrected chi connectivity index (χ4v) is 4.52. The summed E-state index contributed by atoms with van der Waals surface area (Å²) < 4.78 is 5.41. The molecular weight excluding hydrogens is 350 g/mol. The lowest BCUT2D eigenvalue weighted by molar-refractivity contribution is 0.0890. The second-order valence-corrected chi connectivity index (χ2v) is 8.30.